The number of thioether (sulfide) groups is 1. The molecule has 0 radical (unpaired) electrons. The zero-order valence-corrected chi connectivity index (χ0v) is 15.2. The second-order valence-electron chi connectivity index (χ2n) is 5.98. The van der Waals surface area contributed by atoms with Gasteiger partial charge < -0.3 is 8.98 Å². The van der Waals surface area contributed by atoms with Crippen LogP contribution in [0, 0.1) is 6.92 Å². The van der Waals surface area contributed by atoms with Gasteiger partial charge in [0.05, 0.1) is 5.75 Å². The molecule has 2 aromatic carbocycles. The van der Waals surface area contributed by atoms with Crippen LogP contribution in [0.2, 0.25) is 0 Å². The molecule has 0 amide bonds. The maximum absolute atomic E-state index is 5.77. The summed E-state index contributed by atoms with van der Waals surface area (Å²) in [4.78, 5) is 4.45. The van der Waals surface area contributed by atoms with E-state index in [2.05, 4.69) is 38.8 Å². The van der Waals surface area contributed by atoms with Gasteiger partial charge in [0.1, 0.15) is 5.82 Å². The van der Waals surface area contributed by atoms with Gasteiger partial charge in [0.2, 0.25) is 5.89 Å². The first-order valence-corrected chi connectivity index (χ1v) is 9.34. The van der Waals surface area contributed by atoms with Gasteiger partial charge in [-0.25, -0.2) is 4.98 Å². The Morgan fingerprint density at radius 2 is 1.81 bits per heavy atom. The summed E-state index contributed by atoms with van der Waals surface area (Å²) in [6.07, 6.45) is 3.82. The summed E-state index contributed by atoms with van der Waals surface area (Å²) in [6.45, 7) is 2.85. The standard InChI is InChI=1S/C20H18N4OS/c1-15-7-9-17(10-8-15)19-22-23-20(25-19)26-14-18-21-11-12-24(18)13-16-5-3-2-4-6-16/h2-12H,13-14H2,1H3. The minimum atomic E-state index is 0.542. The highest BCUT2D eigenvalue weighted by Gasteiger charge is 2.11. The summed E-state index contributed by atoms with van der Waals surface area (Å²) in [5.41, 5.74) is 3.38. The van der Waals surface area contributed by atoms with Crippen LogP contribution in [0.15, 0.2) is 76.6 Å². The van der Waals surface area contributed by atoms with Crippen LogP contribution >= 0.6 is 11.8 Å². The fraction of sp³-hybridized carbons (Fsp3) is 0.150. The molecule has 0 saturated carbocycles. The van der Waals surface area contributed by atoms with E-state index < -0.39 is 0 Å². The molecule has 0 aliphatic carbocycles. The van der Waals surface area contributed by atoms with Crippen LogP contribution < -0.4 is 0 Å². The van der Waals surface area contributed by atoms with Gasteiger partial charge in [-0.15, -0.1) is 10.2 Å². The third-order valence-corrected chi connectivity index (χ3v) is 4.84. The Morgan fingerprint density at radius 1 is 1.00 bits per heavy atom. The summed E-state index contributed by atoms with van der Waals surface area (Å²) >= 11 is 1.50. The molecular weight excluding hydrogens is 344 g/mol. The van der Waals surface area contributed by atoms with Gasteiger partial charge in [-0.3, -0.25) is 0 Å². The fourth-order valence-electron chi connectivity index (χ4n) is 2.61. The van der Waals surface area contributed by atoms with Gasteiger partial charge in [-0.05, 0) is 24.6 Å². The SMILES string of the molecule is Cc1ccc(-c2nnc(SCc3nccn3Cc3ccccc3)o2)cc1. The highest BCUT2D eigenvalue weighted by atomic mass is 32.2. The Balaban J connectivity index is 1.42. The first-order chi connectivity index (χ1) is 12.8. The van der Waals surface area contributed by atoms with Crippen molar-refractivity contribution in [2.75, 3.05) is 0 Å². The van der Waals surface area contributed by atoms with E-state index in [1.54, 1.807) is 0 Å². The molecule has 0 saturated heterocycles. The normalized spacial score (nSPS) is 11.0. The lowest BCUT2D eigenvalue weighted by Crippen LogP contribution is -2.03. The molecule has 26 heavy (non-hydrogen) atoms. The number of aromatic nitrogens is 4. The topological polar surface area (TPSA) is 56.7 Å². The van der Waals surface area contributed by atoms with Crippen LogP contribution in [-0.2, 0) is 12.3 Å². The van der Waals surface area contributed by atoms with E-state index in [1.165, 1.54) is 22.9 Å². The molecule has 6 heteroatoms. The fourth-order valence-corrected chi connectivity index (χ4v) is 3.34. The molecule has 0 unspecified atom stereocenters. The summed E-state index contributed by atoms with van der Waals surface area (Å²) in [6, 6.07) is 18.4. The first-order valence-electron chi connectivity index (χ1n) is 8.35. The Kier molecular flexibility index (Phi) is 4.84. The first kappa shape index (κ1) is 16.6. The number of benzene rings is 2. The zero-order chi connectivity index (χ0) is 17.8. The second-order valence-corrected chi connectivity index (χ2v) is 6.91. The van der Waals surface area contributed by atoms with Crippen LogP contribution in [0.5, 0.6) is 0 Å². The molecule has 2 aromatic heterocycles. The van der Waals surface area contributed by atoms with E-state index >= 15 is 0 Å². The number of imidazole rings is 1. The monoisotopic (exact) mass is 362 g/mol. The maximum atomic E-state index is 5.77. The molecular formula is C20H18N4OS. The van der Waals surface area contributed by atoms with Crippen molar-refractivity contribution >= 4 is 11.8 Å². The van der Waals surface area contributed by atoms with Gasteiger partial charge in [0.15, 0.2) is 0 Å². The van der Waals surface area contributed by atoms with Crippen molar-refractivity contribution in [3.8, 4) is 11.5 Å². The molecule has 0 atom stereocenters. The predicted octanol–water partition coefficient (Wildman–Crippen LogP) is 4.58. The minimum absolute atomic E-state index is 0.542. The Bertz CT molecular complexity index is 976. The largest absolute Gasteiger partial charge is 0.411 e. The van der Waals surface area contributed by atoms with Gasteiger partial charge in [0.25, 0.3) is 5.22 Å². The van der Waals surface area contributed by atoms with Crippen LogP contribution in [0.4, 0.5) is 0 Å². The molecule has 0 spiro atoms. The third kappa shape index (κ3) is 3.86. The molecule has 2 heterocycles. The number of aryl methyl sites for hydroxylation is 1. The van der Waals surface area contributed by atoms with Gasteiger partial charge >= 0.3 is 0 Å². The lowest BCUT2D eigenvalue weighted by molar-refractivity contribution is 0.465. The van der Waals surface area contributed by atoms with Crippen LogP contribution in [0.3, 0.4) is 0 Å². The second kappa shape index (κ2) is 7.58. The summed E-state index contributed by atoms with van der Waals surface area (Å²) in [7, 11) is 0. The average molecular weight is 362 g/mol. The average Bonchev–Trinajstić information content (AvgIpc) is 3.31. The quantitative estimate of drug-likeness (QED) is 0.470. The molecule has 4 rings (SSSR count). The van der Waals surface area contributed by atoms with Crippen molar-refractivity contribution in [2.45, 2.75) is 24.4 Å². The zero-order valence-electron chi connectivity index (χ0n) is 14.4. The molecule has 5 nitrogen and oxygen atoms in total. The van der Waals surface area contributed by atoms with E-state index in [-0.39, 0.29) is 0 Å². The third-order valence-electron chi connectivity index (χ3n) is 4.03. The smallest absolute Gasteiger partial charge is 0.277 e. The highest BCUT2D eigenvalue weighted by molar-refractivity contribution is 7.98. The van der Waals surface area contributed by atoms with Crippen LogP contribution in [0.25, 0.3) is 11.5 Å². The highest BCUT2D eigenvalue weighted by Crippen LogP contribution is 2.25. The Morgan fingerprint density at radius 3 is 2.62 bits per heavy atom. The van der Waals surface area contributed by atoms with Crippen LogP contribution in [-0.4, -0.2) is 19.7 Å². The van der Waals surface area contributed by atoms with Gasteiger partial charge in [-0.1, -0.05) is 59.8 Å². The van der Waals surface area contributed by atoms with E-state index in [9.17, 15) is 0 Å². The molecule has 130 valence electrons. The lowest BCUT2D eigenvalue weighted by Gasteiger charge is -2.06. The predicted molar refractivity (Wildman–Crippen MR) is 102 cm³/mol. The maximum Gasteiger partial charge on any atom is 0.277 e. The van der Waals surface area contributed by atoms with Crippen molar-refractivity contribution in [3.05, 3.63) is 83.9 Å². The van der Waals surface area contributed by atoms with Crippen molar-refractivity contribution in [3.63, 3.8) is 0 Å². The molecule has 0 N–H and O–H groups in total. The molecule has 0 aliphatic heterocycles. The summed E-state index contributed by atoms with van der Waals surface area (Å²) in [5, 5.41) is 8.83. The van der Waals surface area contributed by atoms with E-state index in [1.807, 2.05) is 54.9 Å². The molecule has 0 bridgehead atoms. The minimum Gasteiger partial charge on any atom is -0.411 e. The van der Waals surface area contributed by atoms with Gasteiger partial charge in [-0.2, -0.15) is 0 Å². The molecule has 0 aliphatic rings. The van der Waals surface area contributed by atoms with Gasteiger partial charge in [0, 0.05) is 24.5 Å². The van der Waals surface area contributed by atoms with E-state index in [0.717, 1.165) is 17.9 Å². The van der Waals surface area contributed by atoms with Crippen LogP contribution in [0.1, 0.15) is 17.0 Å². The molecule has 4 aromatic rings. The Hall–Kier alpha value is -2.86. The van der Waals surface area contributed by atoms with Crippen molar-refractivity contribution in [2.24, 2.45) is 0 Å². The van der Waals surface area contributed by atoms with Crippen molar-refractivity contribution < 1.29 is 4.42 Å². The number of rotatable bonds is 6. The molecule has 0 fully saturated rings. The number of hydrogen-bond acceptors (Lipinski definition) is 5. The Labute approximate surface area is 156 Å². The number of hydrogen-bond donors (Lipinski definition) is 0. The van der Waals surface area contributed by atoms with Crippen molar-refractivity contribution in [1.82, 2.24) is 19.7 Å². The lowest BCUT2D eigenvalue weighted by atomic mass is 10.1. The van der Waals surface area contributed by atoms with Crippen molar-refractivity contribution in [1.29, 1.82) is 0 Å². The van der Waals surface area contributed by atoms with E-state index in [0.29, 0.717) is 16.9 Å². The number of nitrogens with zero attached hydrogens (tertiary/aromatic N) is 4. The summed E-state index contributed by atoms with van der Waals surface area (Å²) < 4.78 is 7.91. The summed E-state index contributed by atoms with van der Waals surface area (Å²) in [5.74, 6) is 2.20. The van der Waals surface area contributed by atoms with E-state index in [4.69, 9.17) is 4.42 Å².